The van der Waals surface area contributed by atoms with Crippen molar-refractivity contribution in [3.05, 3.63) is 34.3 Å². The number of carbonyl (C=O) groups excluding carboxylic acids is 1. The molecular weight excluding hydrogens is 334 g/mol. The van der Waals surface area contributed by atoms with Gasteiger partial charge in [0, 0.05) is 4.47 Å². The number of nitrogens with one attached hydrogen (secondary N) is 1. The van der Waals surface area contributed by atoms with Gasteiger partial charge in [-0.15, -0.1) is 0 Å². The van der Waals surface area contributed by atoms with E-state index in [4.69, 9.17) is 10.9 Å². The Hall–Kier alpha value is -1.56. The minimum absolute atomic E-state index is 0.0144. The summed E-state index contributed by atoms with van der Waals surface area (Å²) in [6, 6.07) is 7.66. The number of halogens is 1. The second-order valence-electron chi connectivity index (χ2n) is 5.52. The van der Waals surface area contributed by atoms with Crippen LogP contribution >= 0.6 is 15.9 Å². The van der Waals surface area contributed by atoms with Crippen LogP contribution in [-0.4, -0.2) is 17.0 Å². The molecule has 0 radical (unpaired) electrons. The summed E-state index contributed by atoms with van der Waals surface area (Å²) in [4.78, 5) is 12.6. The lowest BCUT2D eigenvalue weighted by Gasteiger charge is -2.28. The molecule has 0 heterocycles. The van der Waals surface area contributed by atoms with E-state index in [1.807, 2.05) is 31.2 Å². The molecule has 1 saturated carbocycles. The Kier molecular flexibility index (Phi) is 4.88. The van der Waals surface area contributed by atoms with Crippen molar-refractivity contribution in [1.82, 2.24) is 5.32 Å². The summed E-state index contributed by atoms with van der Waals surface area (Å²) in [6.45, 7) is 1.93. The standard InChI is InChI=1S/C15H20BrN3O2/c1-10(11-4-6-12(16)7-5-11)18-14(20)15(13(17)19-21)8-2-3-9-15/h4-7,10,21H,2-3,8-9H2,1H3,(H2,17,19)(H,18,20). The van der Waals surface area contributed by atoms with Gasteiger partial charge in [0.15, 0.2) is 5.84 Å². The average Bonchev–Trinajstić information content (AvgIpc) is 2.97. The van der Waals surface area contributed by atoms with Gasteiger partial charge in [0.05, 0.1) is 6.04 Å². The second kappa shape index (κ2) is 6.47. The average molecular weight is 354 g/mol. The van der Waals surface area contributed by atoms with Crippen LogP contribution in [0.25, 0.3) is 0 Å². The minimum Gasteiger partial charge on any atom is -0.409 e. The first kappa shape index (κ1) is 15.8. The van der Waals surface area contributed by atoms with E-state index in [9.17, 15) is 4.79 Å². The Morgan fingerprint density at radius 3 is 2.48 bits per heavy atom. The zero-order valence-corrected chi connectivity index (χ0v) is 13.6. The molecule has 1 aromatic carbocycles. The first-order valence-electron chi connectivity index (χ1n) is 7.04. The summed E-state index contributed by atoms with van der Waals surface area (Å²) < 4.78 is 0.994. The molecule has 1 aliphatic carbocycles. The maximum absolute atomic E-state index is 12.6. The van der Waals surface area contributed by atoms with E-state index < -0.39 is 5.41 Å². The van der Waals surface area contributed by atoms with Gasteiger partial charge in [0.1, 0.15) is 5.41 Å². The predicted molar refractivity (Wildman–Crippen MR) is 85.0 cm³/mol. The molecule has 5 nitrogen and oxygen atoms in total. The molecule has 2 rings (SSSR count). The van der Waals surface area contributed by atoms with E-state index in [1.165, 1.54) is 0 Å². The largest absolute Gasteiger partial charge is 0.409 e. The number of nitrogens with zero attached hydrogens (tertiary/aromatic N) is 1. The molecule has 1 aromatic rings. The van der Waals surface area contributed by atoms with Crippen molar-refractivity contribution < 1.29 is 10.0 Å². The van der Waals surface area contributed by atoms with Crippen molar-refractivity contribution in [2.45, 2.75) is 38.6 Å². The van der Waals surface area contributed by atoms with Crippen molar-refractivity contribution in [2.24, 2.45) is 16.3 Å². The third kappa shape index (κ3) is 3.20. The molecule has 0 bridgehead atoms. The molecular formula is C15H20BrN3O2. The lowest BCUT2D eigenvalue weighted by atomic mass is 9.83. The minimum atomic E-state index is -0.863. The molecule has 0 aliphatic heterocycles. The number of nitrogens with two attached hydrogens (primary N) is 1. The highest BCUT2D eigenvalue weighted by molar-refractivity contribution is 9.10. The topological polar surface area (TPSA) is 87.7 Å². The SMILES string of the molecule is CC(NC(=O)C1(C(N)=NO)CCCC1)c1ccc(Br)cc1. The van der Waals surface area contributed by atoms with Crippen molar-refractivity contribution in [3.63, 3.8) is 0 Å². The summed E-state index contributed by atoms with van der Waals surface area (Å²) in [5.74, 6) is -0.147. The van der Waals surface area contributed by atoms with E-state index in [0.717, 1.165) is 22.9 Å². The summed E-state index contributed by atoms with van der Waals surface area (Å²) in [6.07, 6.45) is 3.08. The summed E-state index contributed by atoms with van der Waals surface area (Å²) in [7, 11) is 0. The number of amidine groups is 1. The third-order valence-electron chi connectivity index (χ3n) is 4.21. The molecule has 0 aromatic heterocycles. The van der Waals surface area contributed by atoms with E-state index in [2.05, 4.69) is 26.4 Å². The molecule has 0 spiro atoms. The summed E-state index contributed by atoms with van der Waals surface area (Å²) in [5.41, 5.74) is 5.93. The highest BCUT2D eigenvalue weighted by Crippen LogP contribution is 2.39. The summed E-state index contributed by atoms with van der Waals surface area (Å²) in [5, 5.41) is 15.0. The first-order chi connectivity index (χ1) is 9.99. The van der Waals surface area contributed by atoms with Gasteiger partial charge in [0.2, 0.25) is 5.91 Å². The molecule has 0 saturated heterocycles. The third-order valence-corrected chi connectivity index (χ3v) is 4.74. The second-order valence-corrected chi connectivity index (χ2v) is 6.44. The Balaban J connectivity index is 2.14. The molecule has 114 valence electrons. The number of carbonyl (C=O) groups is 1. The normalized spacial score (nSPS) is 19.2. The van der Waals surface area contributed by atoms with Crippen LogP contribution in [0.5, 0.6) is 0 Å². The zero-order valence-electron chi connectivity index (χ0n) is 12.0. The zero-order chi connectivity index (χ0) is 15.5. The van der Waals surface area contributed by atoms with Crippen LogP contribution in [0.4, 0.5) is 0 Å². The number of hydrogen-bond acceptors (Lipinski definition) is 3. The number of hydrogen-bond donors (Lipinski definition) is 3. The van der Waals surface area contributed by atoms with Crippen LogP contribution in [0.3, 0.4) is 0 Å². The van der Waals surface area contributed by atoms with Gasteiger partial charge in [-0.2, -0.15) is 0 Å². The van der Waals surface area contributed by atoms with Gasteiger partial charge in [-0.1, -0.05) is 46.1 Å². The van der Waals surface area contributed by atoms with Crippen molar-refractivity contribution >= 4 is 27.7 Å². The van der Waals surface area contributed by atoms with Crippen LogP contribution in [0, 0.1) is 5.41 Å². The monoisotopic (exact) mass is 353 g/mol. The Morgan fingerprint density at radius 2 is 1.95 bits per heavy atom. The van der Waals surface area contributed by atoms with E-state index >= 15 is 0 Å². The van der Waals surface area contributed by atoms with Crippen molar-refractivity contribution in [1.29, 1.82) is 0 Å². The molecule has 1 aliphatic rings. The van der Waals surface area contributed by atoms with Gasteiger partial charge in [-0.25, -0.2) is 0 Å². The Labute approximate surface area is 132 Å². The van der Waals surface area contributed by atoms with Gasteiger partial charge in [-0.3, -0.25) is 4.79 Å². The van der Waals surface area contributed by atoms with Gasteiger partial charge in [-0.05, 0) is 37.5 Å². The molecule has 1 fully saturated rings. The van der Waals surface area contributed by atoms with Crippen LogP contribution < -0.4 is 11.1 Å². The fourth-order valence-electron chi connectivity index (χ4n) is 2.84. The van der Waals surface area contributed by atoms with E-state index in [-0.39, 0.29) is 17.8 Å². The highest BCUT2D eigenvalue weighted by Gasteiger charge is 2.45. The first-order valence-corrected chi connectivity index (χ1v) is 7.83. The van der Waals surface area contributed by atoms with Crippen LogP contribution in [-0.2, 0) is 4.79 Å². The molecule has 1 unspecified atom stereocenters. The van der Waals surface area contributed by atoms with E-state index in [1.54, 1.807) is 0 Å². The fraction of sp³-hybridized carbons (Fsp3) is 0.467. The van der Waals surface area contributed by atoms with Gasteiger partial charge in [0.25, 0.3) is 0 Å². The Morgan fingerprint density at radius 1 is 1.38 bits per heavy atom. The van der Waals surface area contributed by atoms with Gasteiger partial charge < -0.3 is 16.3 Å². The fourth-order valence-corrected chi connectivity index (χ4v) is 3.11. The Bertz CT molecular complexity index is 536. The maximum atomic E-state index is 12.6. The number of oxime groups is 1. The van der Waals surface area contributed by atoms with Crippen LogP contribution in [0.1, 0.15) is 44.2 Å². The lowest BCUT2D eigenvalue weighted by Crippen LogP contribution is -2.48. The van der Waals surface area contributed by atoms with E-state index in [0.29, 0.717) is 12.8 Å². The molecule has 1 atom stereocenters. The molecule has 4 N–H and O–H groups in total. The van der Waals surface area contributed by atoms with Gasteiger partial charge >= 0.3 is 0 Å². The van der Waals surface area contributed by atoms with Crippen LogP contribution in [0.15, 0.2) is 33.9 Å². The van der Waals surface area contributed by atoms with Crippen LogP contribution in [0.2, 0.25) is 0 Å². The predicted octanol–water partition coefficient (Wildman–Crippen LogP) is 2.93. The number of rotatable bonds is 4. The molecule has 21 heavy (non-hydrogen) atoms. The molecule has 1 amide bonds. The lowest BCUT2D eigenvalue weighted by molar-refractivity contribution is -0.128. The summed E-state index contributed by atoms with van der Waals surface area (Å²) >= 11 is 3.39. The van der Waals surface area contributed by atoms with Crippen molar-refractivity contribution in [2.75, 3.05) is 0 Å². The smallest absolute Gasteiger partial charge is 0.234 e. The maximum Gasteiger partial charge on any atom is 0.234 e. The molecule has 6 heteroatoms. The van der Waals surface area contributed by atoms with Crippen molar-refractivity contribution in [3.8, 4) is 0 Å². The quantitative estimate of drug-likeness (QED) is 0.336. The number of amides is 1. The highest BCUT2D eigenvalue weighted by atomic mass is 79.9. The number of benzene rings is 1.